The minimum absolute atomic E-state index is 0.00402. The smallest absolute Gasteiger partial charge is 0.179 e. The molecule has 6 rings (SSSR count). The summed E-state index contributed by atoms with van der Waals surface area (Å²) in [5, 5.41) is 52.9. The van der Waals surface area contributed by atoms with Crippen molar-refractivity contribution in [3.8, 4) is 11.5 Å². The zero-order chi connectivity index (χ0) is 47.2. The van der Waals surface area contributed by atoms with Crippen LogP contribution in [0.1, 0.15) is 106 Å². The van der Waals surface area contributed by atoms with Gasteiger partial charge in [-0.1, -0.05) is 61.4 Å². The lowest BCUT2D eigenvalue weighted by atomic mass is 9.63. The van der Waals surface area contributed by atoms with E-state index >= 15 is 13.6 Å². The van der Waals surface area contributed by atoms with Gasteiger partial charge in [0.15, 0.2) is 11.6 Å². The van der Waals surface area contributed by atoms with E-state index in [0.717, 1.165) is 11.1 Å². The van der Waals surface area contributed by atoms with Crippen molar-refractivity contribution in [3.05, 3.63) is 130 Å². The van der Waals surface area contributed by atoms with Crippen LogP contribution in [-0.2, 0) is 4.79 Å². The highest BCUT2D eigenvalue weighted by molar-refractivity contribution is 6.01. The summed E-state index contributed by atoms with van der Waals surface area (Å²) in [6, 6.07) is 21.5. The van der Waals surface area contributed by atoms with Gasteiger partial charge in [-0.15, -0.1) is 0 Å². The zero-order valence-corrected chi connectivity index (χ0v) is 38.3. The van der Waals surface area contributed by atoms with Crippen molar-refractivity contribution in [2.75, 3.05) is 52.5 Å². The molecular weight excluding hydrogens is 843 g/mol. The van der Waals surface area contributed by atoms with Crippen molar-refractivity contribution in [2.45, 2.75) is 89.1 Å². The number of hydrogen-bond acceptors (Lipinski definition) is 11. The van der Waals surface area contributed by atoms with Crippen LogP contribution in [0.3, 0.4) is 0 Å². The molecule has 2 heterocycles. The average Bonchev–Trinajstić information content (AvgIpc) is 3.31. The monoisotopic (exact) mass is 911 g/mol. The fourth-order valence-electron chi connectivity index (χ4n) is 10.6. The Balaban J connectivity index is 1.26. The third kappa shape index (κ3) is 12.8. The number of nitrogens with one attached hydrogen (secondary N) is 4. The molecular formula is C53H68F2N4O7. The first kappa shape index (κ1) is 50.5. The Morgan fingerprint density at radius 1 is 0.606 bits per heavy atom. The minimum Gasteiger partial charge on any atom is -0.508 e. The van der Waals surface area contributed by atoms with Crippen molar-refractivity contribution in [3.63, 3.8) is 0 Å². The van der Waals surface area contributed by atoms with E-state index in [1.165, 1.54) is 36.4 Å². The van der Waals surface area contributed by atoms with Crippen LogP contribution >= 0.6 is 0 Å². The number of hydrogen-bond donors (Lipinski definition) is 8. The van der Waals surface area contributed by atoms with Gasteiger partial charge in [0, 0.05) is 49.3 Å². The second-order valence-electron chi connectivity index (χ2n) is 18.3. The number of piperidine rings is 2. The third-order valence-corrected chi connectivity index (χ3v) is 14.0. The summed E-state index contributed by atoms with van der Waals surface area (Å²) in [5.41, 5.74) is 3.32. The molecule has 2 aliphatic heterocycles. The molecule has 8 atom stereocenters. The maximum atomic E-state index is 15.6. The fourth-order valence-corrected chi connectivity index (χ4v) is 10.6. The SMILES string of the molecule is Cc1c(F)cccc1[C@H]1[C@@H](CCCC(NCCCO)C(=O)c2cccc(O)c2)CNC[C@H]1C(=O)[C@@H]1CNC[C@H](CCCC(NCCCO)C(=O)c2cccc(O)c2)[C@@H]1c1cccc(F)c1C. The Morgan fingerprint density at radius 2 is 1.02 bits per heavy atom. The van der Waals surface area contributed by atoms with Gasteiger partial charge in [-0.3, -0.25) is 14.4 Å². The van der Waals surface area contributed by atoms with Crippen molar-refractivity contribution >= 4 is 17.3 Å². The lowest BCUT2D eigenvalue weighted by molar-refractivity contribution is -0.130. The molecule has 4 aromatic carbocycles. The molecule has 0 radical (unpaired) electrons. The standard InChI is InChI=1S/C53H68F2N4O7/c1-33-41(17-7-19-45(33)54)49-37(13-5-21-47(58-23-9-25-60)51(64)35-11-3-15-39(62)27-35)29-56-31-43(49)53(66)44-32-57-30-38(50(44)42-18-8-20-46(55)34(42)2)14-6-22-48(59-24-10-26-61)52(65)36-12-4-16-40(63)28-36/h3-4,7-8,11-12,15-20,27-28,37-38,43-44,47-50,56-63H,5-6,9-10,13-14,21-26,29-32H2,1-2H3/t37-,38-,43+,44+,47?,48?,49+,50+/m0/s1. The van der Waals surface area contributed by atoms with Crippen LogP contribution in [0.15, 0.2) is 84.9 Å². The molecule has 11 nitrogen and oxygen atoms in total. The van der Waals surface area contributed by atoms with Crippen molar-refractivity contribution in [1.29, 1.82) is 0 Å². The first-order chi connectivity index (χ1) is 31.9. The highest BCUT2D eigenvalue weighted by Crippen LogP contribution is 2.46. The van der Waals surface area contributed by atoms with Crippen LogP contribution in [0.5, 0.6) is 11.5 Å². The lowest BCUT2D eigenvalue weighted by Crippen LogP contribution is -2.52. The van der Waals surface area contributed by atoms with E-state index in [2.05, 4.69) is 21.3 Å². The Labute approximate surface area is 387 Å². The van der Waals surface area contributed by atoms with Gasteiger partial charge in [0.2, 0.25) is 0 Å². The number of aromatic hydroxyl groups is 2. The second kappa shape index (κ2) is 24.8. The molecule has 4 aromatic rings. The Morgan fingerprint density at radius 3 is 1.41 bits per heavy atom. The van der Waals surface area contributed by atoms with E-state index in [-0.39, 0.29) is 77.4 Å². The molecule has 356 valence electrons. The Hall–Kier alpha value is -4.89. The maximum absolute atomic E-state index is 15.6. The van der Waals surface area contributed by atoms with E-state index < -0.39 is 23.9 Å². The van der Waals surface area contributed by atoms with Gasteiger partial charge < -0.3 is 41.7 Å². The van der Waals surface area contributed by atoms with Gasteiger partial charge in [0.05, 0.1) is 12.1 Å². The van der Waals surface area contributed by atoms with Gasteiger partial charge in [0.1, 0.15) is 28.9 Å². The molecule has 0 aromatic heterocycles. The maximum Gasteiger partial charge on any atom is 0.179 e. The van der Waals surface area contributed by atoms with E-state index in [1.807, 2.05) is 12.1 Å². The highest BCUT2D eigenvalue weighted by Gasteiger charge is 2.46. The lowest BCUT2D eigenvalue weighted by Gasteiger charge is -2.44. The third-order valence-electron chi connectivity index (χ3n) is 14.0. The van der Waals surface area contributed by atoms with Crippen LogP contribution < -0.4 is 21.3 Å². The molecule has 0 amide bonds. The van der Waals surface area contributed by atoms with E-state index in [1.54, 1.807) is 50.2 Å². The predicted molar refractivity (Wildman–Crippen MR) is 252 cm³/mol. The zero-order valence-electron chi connectivity index (χ0n) is 38.3. The Kier molecular flexibility index (Phi) is 18.9. The molecule has 66 heavy (non-hydrogen) atoms. The molecule has 0 bridgehead atoms. The van der Waals surface area contributed by atoms with Crippen LogP contribution in [0.4, 0.5) is 8.78 Å². The van der Waals surface area contributed by atoms with Gasteiger partial charge in [0.25, 0.3) is 0 Å². The molecule has 2 aliphatic rings. The van der Waals surface area contributed by atoms with Crippen LogP contribution in [0, 0.1) is 49.2 Å². The fraction of sp³-hybridized carbons (Fsp3) is 0.491. The van der Waals surface area contributed by atoms with Gasteiger partial charge in [-0.2, -0.15) is 0 Å². The highest BCUT2D eigenvalue weighted by atomic mass is 19.1. The molecule has 0 spiro atoms. The molecule has 13 heteroatoms. The summed E-state index contributed by atoms with van der Waals surface area (Å²) < 4.78 is 31.0. The van der Waals surface area contributed by atoms with Gasteiger partial charge in [-0.25, -0.2) is 8.78 Å². The van der Waals surface area contributed by atoms with Crippen molar-refractivity contribution in [1.82, 2.24) is 21.3 Å². The van der Waals surface area contributed by atoms with E-state index in [4.69, 9.17) is 0 Å². The van der Waals surface area contributed by atoms with Gasteiger partial charge >= 0.3 is 0 Å². The number of carbonyl (C=O) groups is 3. The Bertz CT molecular complexity index is 2090. The van der Waals surface area contributed by atoms with Crippen LogP contribution in [0.25, 0.3) is 0 Å². The first-order valence-corrected chi connectivity index (χ1v) is 23.7. The topological polar surface area (TPSA) is 180 Å². The van der Waals surface area contributed by atoms with Crippen LogP contribution in [-0.4, -0.2) is 102 Å². The largest absolute Gasteiger partial charge is 0.508 e. The quantitative estimate of drug-likeness (QED) is 0.0271. The molecule has 8 N–H and O–H groups in total. The first-order valence-electron chi connectivity index (χ1n) is 23.7. The molecule has 0 aliphatic carbocycles. The van der Waals surface area contributed by atoms with Crippen molar-refractivity contribution < 1.29 is 43.6 Å². The number of ketones is 3. The average molecular weight is 911 g/mol. The number of phenols is 2. The summed E-state index contributed by atoms with van der Waals surface area (Å²) >= 11 is 0. The molecule has 0 saturated carbocycles. The summed E-state index contributed by atoms with van der Waals surface area (Å²) in [6.07, 6.45) is 4.37. The van der Waals surface area contributed by atoms with Crippen molar-refractivity contribution in [2.24, 2.45) is 23.7 Å². The normalized spacial score (nSPS) is 21.8. The number of halogens is 2. The number of Topliss-reactive ketones (excluding diaryl/α,β-unsaturated/α-hetero) is 3. The number of phenolic OH excluding ortho intramolecular Hbond substituents is 2. The van der Waals surface area contributed by atoms with Crippen LogP contribution in [0.2, 0.25) is 0 Å². The van der Waals surface area contributed by atoms with Gasteiger partial charge in [-0.05, 0) is 161 Å². The summed E-state index contributed by atoms with van der Waals surface area (Å²) in [6.45, 7) is 6.25. The number of rotatable bonds is 24. The summed E-state index contributed by atoms with van der Waals surface area (Å²) in [5.74, 6) is -2.97. The number of aliphatic hydroxyl groups excluding tert-OH is 2. The molecule has 2 fully saturated rings. The molecule has 2 unspecified atom stereocenters. The summed E-state index contributed by atoms with van der Waals surface area (Å²) in [4.78, 5) is 43.0. The second-order valence-corrected chi connectivity index (χ2v) is 18.3. The predicted octanol–water partition coefficient (Wildman–Crippen LogP) is 6.89. The number of benzene rings is 4. The minimum atomic E-state index is -0.571. The molecule has 2 saturated heterocycles. The summed E-state index contributed by atoms with van der Waals surface area (Å²) in [7, 11) is 0. The van der Waals surface area contributed by atoms with E-state index in [0.29, 0.717) is 113 Å². The number of carbonyl (C=O) groups excluding carboxylic acids is 3. The van der Waals surface area contributed by atoms with E-state index in [9.17, 15) is 30.0 Å². The number of aliphatic hydroxyl groups is 2.